The van der Waals surface area contributed by atoms with Crippen molar-refractivity contribution in [1.82, 2.24) is 10.8 Å². The van der Waals surface area contributed by atoms with Crippen molar-refractivity contribution in [1.29, 1.82) is 0 Å². The van der Waals surface area contributed by atoms with Crippen LogP contribution in [0, 0.1) is 29.8 Å². The number of rotatable bonds is 11. The lowest BCUT2D eigenvalue weighted by molar-refractivity contribution is -0.122. The summed E-state index contributed by atoms with van der Waals surface area (Å²) in [6, 6.07) is 4.57. The molecule has 0 saturated carbocycles. The summed E-state index contributed by atoms with van der Waals surface area (Å²) in [7, 11) is 1.40. The van der Waals surface area contributed by atoms with Crippen molar-refractivity contribution in [3.63, 3.8) is 0 Å². The minimum absolute atomic E-state index is 0.00445. The summed E-state index contributed by atoms with van der Waals surface area (Å²) in [6.07, 6.45) is 5.21. The maximum absolute atomic E-state index is 15.0. The monoisotopic (exact) mass is 465 g/mol. The molecule has 0 aliphatic rings. The van der Waals surface area contributed by atoms with Crippen molar-refractivity contribution < 1.29 is 37.4 Å². The first-order valence-corrected chi connectivity index (χ1v) is 9.65. The molecule has 8 nitrogen and oxygen atoms in total. The Bertz CT molecular complexity index is 1060. The van der Waals surface area contributed by atoms with Gasteiger partial charge in [-0.1, -0.05) is 5.92 Å². The van der Waals surface area contributed by atoms with Crippen molar-refractivity contribution in [2.45, 2.75) is 13.0 Å². The Morgan fingerprint density at radius 1 is 1.15 bits per heavy atom. The van der Waals surface area contributed by atoms with Crippen molar-refractivity contribution in [2.24, 2.45) is 0 Å². The van der Waals surface area contributed by atoms with Crippen LogP contribution in [0.15, 0.2) is 24.3 Å². The number of nitrogens with one attached hydrogen (secondary N) is 3. The third-order valence-electron chi connectivity index (χ3n) is 4.29. The number of methoxy groups -OCH3 is 1. The minimum atomic E-state index is -1.48. The van der Waals surface area contributed by atoms with Crippen molar-refractivity contribution in [3.05, 3.63) is 58.4 Å². The van der Waals surface area contributed by atoms with E-state index in [1.807, 2.05) is 5.48 Å². The Kier molecular flexibility index (Phi) is 9.68. The fourth-order valence-electron chi connectivity index (χ4n) is 2.64. The van der Waals surface area contributed by atoms with Crippen LogP contribution in [-0.2, 0) is 20.9 Å². The lowest BCUT2D eigenvalue weighted by Crippen LogP contribution is -2.28. The Labute approximate surface area is 188 Å². The molecule has 0 aliphatic carbocycles. The van der Waals surface area contributed by atoms with Crippen LogP contribution in [-0.4, -0.2) is 43.9 Å². The van der Waals surface area contributed by atoms with Gasteiger partial charge < -0.3 is 20.5 Å². The van der Waals surface area contributed by atoms with Crippen LogP contribution < -0.4 is 16.1 Å². The van der Waals surface area contributed by atoms with Gasteiger partial charge in [-0.15, -0.1) is 6.42 Å². The van der Waals surface area contributed by atoms with Crippen LogP contribution in [0.3, 0.4) is 0 Å². The second-order valence-corrected chi connectivity index (χ2v) is 6.57. The number of anilines is 2. The molecule has 0 bridgehead atoms. The molecule has 0 unspecified atom stereocenters. The highest BCUT2D eigenvalue weighted by molar-refractivity contribution is 6.00. The van der Waals surface area contributed by atoms with Gasteiger partial charge in [0.1, 0.15) is 5.82 Å². The van der Waals surface area contributed by atoms with Gasteiger partial charge in [0, 0.05) is 31.2 Å². The van der Waals surface area contributed by atoms with E-state index in [2.05, 4.69) is 16.6 Å². The van der Waals surface area contributed by atoms with Gasteiger partial charge in [-0.3, -0.25) is 14.4 Å². The summed E-state index contributed by atoms with van der Waals surface area (Å²) in [5.41, 5.74) is 0.492. The Hall–Kier alpha value is -3.59. The van der Waals surface area contributed by atoms with E-state index in [9.17, 15) is 22.8 Å². The van der Waals surface area contributed by atoms with Crippen molar-refractivity contribution >= 4 is 23.2 Å². The van der Waals surface area contributed by atoms with Gasteiger partial charge in [-0.2, -0.15) is 0 Å². The number of amides is 2. The number of aliphatic hydroxyl groups excluding tert-OH is 1. The van der Waals surface area contributed by atoms with Crippen LogP contribution in [0.4, 0.5) is 24.5 Å². The van der Waals surface area contributed by atoms with E-state index in [0.29, 0.717) is 0 Å². The van der Waals surface area contributed by atoms with E-state index in [-0.39, 0.29) is 36.4 Å². The number of carbonyl (C=O) groups excluding carboxylic acids is 2. The van der Waals surface area contributed by atoms with Gasteiger partial charge in [0.2, 0.25) is 5.91 Å². The second kappa shape index (κ2) is 12.4. The molecule has 2 aromatic carbocycles. The van der Waals surface area contributed by atoms with E-state index in [1.54, 1.807) is 0 Å². The van der Waals surface area contributed by atoms with E-state index in [1.165, 1.54) is 19.2 Å². The number of carbonyl (C=O) groups is 2. The molecule has 2 aromatic rings. The molecule has 0 heterocycles. The molecule has 0 aliphatic heterocycles. The molecule has 0 atom stereocenters. The molecule has 176 valence electrons. The highest BCUT2D eigenvalue weighted by Crippen LogP contribution is 2.30. The zero-order valence-electron chi connectivity index (χ0n) is 17.6. The van der Waals surface area contributed by atoms with E-state index in [0.717, 1.165) is 12.1 Å². The highest BCUT2D eigenvalue weighted by Gasteiger charge is 2.24. The normalized spacial score (nSPS) is 10.4. The summed E-state index contributed by atoms with van der Waals surface area (Å²) in [6.45, 7) is -0.961. The van der Waals surface area contributed by atoms with Gasteiger partial charge in [0.15, 0.2) is 11.6 Å². The molecule has 33 heavy (non-hydrogen) atoms. The lowest BCUT2D eigenvalue weighted by atomic mass is 10.0. The lowest BCUT2D eigenvalue weighted by Gasteiger charge is -2.17. The van der Waals surface area contributed by atoms with Gasteiger partial charge >= 0.3 is 0 Å². The van der Waals surface area contributed by atoms with E-state index in [4.69, 9.17) is 21.1 Å². The zero-order valence-corrected chi connectivity index (χ0v) is 17.6. The Balaban J connectivity index is 2.42. The zero-order chi connectivity index (χ0) is 24.4. The predicted octanol–water partition coefficient (Wildman–Crippen LogP) is 2.14. The van der Waals surface area contributed by atoms with Gasteiger partial charge in [-0.05, 0) is 24.3 Å². The number of hydrogen-bond acceptors (Lipinski definition) is 6. The fraction of sp³-hybridized carbons (Fsp3) is 0.273. The summed E-state index contributed by atoms with van der Waals surface area (Å²) < 4.78 is 48.8. The standard InChI is InChI=1S/C22H22F3N3O5/c1-3-13-4-5-17(16(23)10-13)27-21-15(22(31)28-33-9-7-29)11-14(19(24)20(21)25)12-26-18(30)6-8-32-2/h1,4-5,10-11,27,29H,6-9,12H2,2H3,(H,26,30)(H,28,31). The summed E-state index contributed by atoms with van der Waals surface area (Å²) in [5, 5.41) is 13.5. The SMILES string of the molecule is C#Cc1ccc(Nc2c(C(=O)NOCCO)cc(CNC(=O)CCOC)c(F)c2F)c(F)c1. The first kappa shape index (κ1) is 25.7. The first-order chi connectivity index (χ1) is 15.8. The van der Waals surface area contributed by atoms with Gasteiger partial charge in [-0.25, -0.2) is 18.7 Å². The number of hydrogen-bond donors (Lipinski definition) is 4. The molecule has 11 heteroatoms. The van der Waals surface area contributed by atoms with Crippen molar-refractivity contribution in [2.75, 3.05) is 32.2 Å². The highest BCUT2D eigenvalue weighted by atomic mass is 19.2. The number of ether oxygens (including phenoxy) is 1. The van der Waals surface area contributed by atoms with Gasteiger partial charge in [0.05, 0.1) is 36.8 Å². The third-order valence-corrected chi connectivity index (χ3v) is 4.29. The number of benzene rings is 2. The summed E-state index contributed by atoms with van der Waals surface area (Å²) >= 11 is 0. The largest absolute Gasteiger partial charge is 0.394 e. The molecule has 0 spiro atoms. The molecular weight excluding hydrogens is 443 g/mol. The maximum atomic E-state index is 15.0. The first-order valence-electron chi connectivity index (χ1n) is 9.65. The summed E-state index contributed by atoms with van der Waals surface area (Å²) in [4.78, 5) is 29.0. The van der Waals surface area contributed by atoms with Crippen LogP contribution in [0.1, 0.15) is 27.9 Å². The van der Waals surface area contributed by atoms with Gasteiger partial charge in [0.25, 0.3) is 5.91 Å². The van der Waals surface area contributed by atoms with E-state index >= 15 is 0 Å². The van der Waals surface area contributed by atoms with Crippen LogP contribution >= 0.6 is 0 Å². The quantitative estimate of drug-likeness (QED) is 0.230. The smallest absolute Gasteiger partial charge is 0.277 e. The van der Waals surface area contributed by atoms with Crippen LogP contribution in [0.5, 0.6) is 0 Å². The predicted molar refractivity (Wildman–Crippen MR) is 113 cm³/mol. The van der Waals surface area contributed by atoms with Crippen molar-refractivity contribution in [3.8, 4) is 12.3 Å². The molecule has 4 N–H and O–H groups in total. The van der Waals surface area contributed by atoms with Crippen LogP contribution in [0.2, 0.25) is 0 Å². The molecule has 2 amide bonds. The maximum Gasteiger partial charge on any atom is 0.277 e. The molecule has 2 rings (SSSR count). The number of aliphatic hydroxyl groups is 1. The van der Waals surface area contributed by atoms with E-state index < -0.39 is 53.7 Å². The third kappa shape index (κ3) is 6.95. The topological polar surface area (TPSA) is 109 Å². The number of hydroxylamine groups is 1. The average molecular weight is 465 g/mol. The number of terminal acetylenes is 1. The molecular formula is C22H22F3N3O5. The Morgan fingerprint density at radius 2 is 1.91 bits per heavy atom. The van der Waals surface area contributed by atoms with Crippen LogP contribution in [0.25, 0.3) is 0 Å². The fourth-order valence-corrected chi connectivity index (χ4v) is 2.64. The Morgan fingerprint density at radius 3 is 2.55 bits per heavy atom. The minimum Gasteiger partial charge on any atom is -0.394 e. The molecule has 0 saturated heterocycles. The molecule has 0 radical (unpaired) electrons. The summed E-state index contributed by atoms with van der Waals surface area (Å²) in [5.74, 6) is -2.93. The molecule has 0 fully saturated rings. The average Bonchev–Trinajstić information content (AvgIpc) is 2.81. The second-order valence-electron chi connectivity index (χ2n) is 6.57. The molecule has 0 aromatic heterocycles. The number of halogens is 3.